The van der Waals surface area contributed by atoms with Crippen LogP contribution in [0.1, 0.15) is 22.7 Å². The Balaban J connectivity index is 2.32. The maximum absolute atomic E-state index is 13.4. The number of esters is 1. The Kier molecular flexibility index (Phi) is 5.76. The van der Waals surface area contributed by atoms with Gasteiger partial charge in [0.05, 0.1) is 25.2 Å². The number of aryl methyl sites for hydroxylation is 1. The number of halogens is 1. The van der Waals surface area contributed by atoms with Crippen LogP contribution in [0.2, 0.25) is 5.02 Å². The van der Waals surface area contributed by atoms with Crippen LogP contribution in [0.25, 0.3) is 0 Å². The van der Waals surface area contributed by atoms with Crippen LogP contribution in [0, 0.1) is 6.92 Å². The van der Waals surface area contributed by atoms with E-state index < -0.39 is 11.9 Å². The van der Waals surface area contributed by atoms with Crippen molar-refractivity contribution < 1.29 is 19.0 Å². The molecule has 0 aliphatic carbocycles. The van der Waals surface area contributed by atoms with Gasteiger partial charge in [0.1, 0.15) is 11.3 Å². The Bertz CT molecular complexity index is 1010. The van der Waals surface area contributed by atoms with Crippen molar-refractivity contribution in [2.45, 2.75) is 19.4 Å². The molecule has 1 atom stereocenters. The van der Waals surface area contributed by atoms with Crippen LogP contribution in [-0.4, -0.2) is 31.4 Å². The molecule has 0 saturated heterocycles. The van der Waals surface area contributed by atoms with E-state index in [4.69, 9.17) is 31.5 Å². The molecule has 3 rings (SSSR count). The zero-order valence-corrected chi connectivity index (χ0v) is 16.6. The standard InChI is InChI=1S/C20H21ClN2O5/c1-11-10-14-16(19(24)23(11)8-9-26-2)15(12-6-4-5-7-13(12)21)17(18(22)28-14)20(25)27-3/h4-7,10,15H,8-9,22H2,1-3H3/t15-/m1/s1. The number of carbonyl (C=O) groups is 1. The van der Waals surface area contributed by atoms with E-state index >= 15 is 0 Å². The number of hydrogen-bond acceptors (Lipinski definition) is 6. The van der Waals surface area contributed by atoms with Gasteiger partial charge in [-0.2, -0.15) is 0 Å². The summed E-state index contributed by atoms with van der Waals surface area (Å²) in [6.07, 6.45) is 0. The number of nitrogens with two attached hydrogens (primary N) is 1. The summed E-state index contributed by atoms with van der Waals surface area (Å²) in [6, 6.07) is 8.70. The normalized spacial score (nSPS) is 15.8. The lowest BCUT2D eigenvalue weighted by molar-refractivity contribution is -0.136. The lowest BCUT2D eigenvalue weighted by Gasteiger charge is -2.29. The third-order valence-corrected chi connectivity index (χ3v) is 5.05. The van der Waals surface area contributed by atoms with Crippen molar-refractivity contribution >= 4 is 17.6 Å². The van der Waals surface area contributed by atoms with Gasteiger partial charge in [-0.15, -0.1) is 0 Å². The number of nitrogens with zero attached hydrogens (tertiary/aromatic N) is 1. The zero-order chi connectivity index (χ0) is 20.4. The molecule has 1 aliphatic heterocycles. The smallest absolute Gasteiger partial charge is 0.340 e. The highest BCUT2D eigenvalue weighted by Gasteiger charge is 2.39. The van der Waals surface area contributed by atoms with E-state index in [9.17, 15) is 9.59 Å². The van der Waals surface area contributed by atoms with Gasteiger partial charge in [-0.1, -0.05) is 29.8 Å². The van der Waals surface area contributed by atoms with Gasteiger partial charge in [-0.25, -0.2) is 4.79 Å². The third-order valence-electron chi connectivity index (χ3n) is 4.71. The zero-order valence-electron chi connectivity index (χ0n) is 15.8. The minimum Gasteiger partial charge on any atom is -0.465 e. The molecule has 1 aromatic heterocycles. The average molecular weight is 405 g/mol. The second kappa shape index (κ2) is 8.08. The Hall–Kier alpha value is -2.77. The van der Waals surface area contributed by atoms with Crippen LogP contribution in [0.15, 0.2) is 46.6 Å². The Morgan fingerprint density at radius 3 is 2.68 bits per heavy atom. The van der Waals surface area contributed by atoms with Gasteiger partial charge in [0, 0.05) is 30.4 Å². The van der Waals surface area contributed by atoms with E-state index in [-0.39, 0.29) is 22.6 Å². The van der Waals surface area contributed by atoms with Crippen LogP contribution < -0.4 is 16.0 Å². The number of ether oxygens (including phenoxy) is 3. The van der Waals surface area contributed by atoms with Gasteiger partial charge < -0.3 is 24.5 Å². The molecule has 0 saturated carbocycles. The molecule has 1 aliphatic rings. The molecule has 1 aromatic carbocycles. The summed E-state index contributed by atoms with van der Waals surface area (Å²) in [4.78, 5) is 25.9. The lowest BCUT2D eigenvalue weighted by atomic mass is 9.83. The van der Waals surface area contributed by atoms with Gasteiger partial charge in [-0.05, 0) is 18.6 Å². The number of rotatable bonds is 5. The topological polar surface area (TPSA) is 92.8 Å². The van der Waals surface area contributed by atoms with Crippen LogP contribution in [0.4, 0.5) is 0 Å². The highest BCUT2D eigenvalue weighted by Crippen LogP contribution is 2.43. The molecule has 28 heavy (non-hydrogen) atoms. The minimum absolute atomic E-state index is 0.0438. The van der Waals surface area contributed by atoms with Crippen molar-refractivity contribution in [2.24, 2.45) is 5.73 Å². The Morgan fingerprint density at radius 1 is 1.32 bits per heavy atom. The van der Waals surface area contributed by atoms with Crippen LogP contribution >= 0.6 is 11.6 Å². The number of methoxy groups -OCH3 is 2. The second-order valence-corrected chi connectivity index (χ2v) is 6.75. The summed E-state index contributed by atoms with van der Waals surface area (Å²) in [5.41, 5.74) is 7.33. The summed E-state index contributed by atoms with van der Waals surface area (Å²) in [6.45, 7) is 2.51. The molecule has 0 spiro atoms. The molecule has 2 heterocycles. The fourth-order valence-corrected chi connectivity index (χ4v) is 3.62. The summed E-state index contributed by atoms with van der Waals surface area (Å²) in [7, 11) is 2.81. The molecule has 0 fully saturated rings. The van der Waals surface area contributed by atoms with Crippen molar-refractivity contribution in [3.05, 3.63) is 74.0 Å². The molecule has 2 aromatic rings. The quantitative estimate of drug-likeness (QED) is 0.769. The van der Waals surface area contributed by atoms with E-state index in [2.05, 4.69) is 0 Å². The molecule has 8 heteroatoms. The number of carbonyl (C=O) groups excluding carboxylic acids is 1. The molecule has 7 nitrogen and oxygen atoms in total. The number of pyridine rings is 1. The highest BCUT2D eigenvalue weighted by atomic mass is 35.5. The SMILES string of the molecule is COCCn1c(C)cc2c(c1=O)[C@@H](c1ccccc1Cl)C(C(=O)OC)=C(N)O2. The van der Waals surface area contributed by atoms with E-state index in [1.807, 2.05) is 0 Å². The van der Waals surface area contributed by atoms with Gasteiger partial charge in [0.25, 0.3) is 5.56 Å². The second-order valence-electron chi connectivity index (χ2n) is 6.34. The van der Waals surface area contributed by atoms with Crippen molar-refractivity contribution in [1.29, 1.82) is 0 Å². The molecular formula is C20H21ClN2O5. The number of hydrogen-bond donors (Lipinski definition) is 1. The fraction of sp³-hybridized carbons (Fsp3) is 0.300. The Morgan fingerprint density at radius 2 is 2.04 bits per heavy atom. The molecule has 0 amide bonds. The van der Waals surface area contributed by atoms with Gasteiger partial charge in [0.2, 0.25) is 5.88 Å². The first-order valence-corrected chi connectivity index (χ1v) is 9.02. The highest BCUT2D eigenvalue weighted by molar-refractivity contribution is 6.31. The fourth-order valence-electron chi connectivity index (χ4n) is 3.38. The van der Waals surface area contributed by atoms with Crippen molar-refractivity contribution in [3.8, 4) is 5.75 Å². The molecule has 0 radical (unpaired) electrons. The van der Waals surface area contributed by atoms with Crippen LogP contribution in [0.5, 0.6) is 5.75 Å². The molecular weight excluding hydrogens is 384 g/mol. The van der Waals surface area contributed by atoms with Crippen LogP contribution in [0.3, 0.4) is 0 Å². The summed E-state index contributed by atoms with van der Waals surface area (Å²) < 4.78 is 17.2. The van der Waals surface area contributed by atoms with E-state index in [1.165, 1.54) is 7.11 Å². The predicted octanol–water partition coefficient (Wildman–Crippen LogP) is 2.32. The monoisotopic (exact) mass is 404 g/mol. The van der Waals surface area contributed by atoms with Crippen molar-refractivity contribution in [1.82, 2.24) is 4.57 Å². The molecule has 0 unspecified atom stereocenters. The van der Waals surface area contributed by atoms with Gasteiger partial charge in [-0.3, -0.25) is 4.79 Å². The first-order chi connectivity index (χ1) is 13.4. The van der Waals surface area contributed by atoms with Crippen LogP contribution in [-0.2, 0) is 20.8 Å². The summed E-state index contributed by atoms with van der Waals surface area (Å²) >= 11 is 6.41. The molecule has 2 N–H and O–H groups in total. The maximum Gasteiger partial charge on any atom is 0.340 e. The van der Waals surface area contributed by atoms with Crippen molar-refractivity contribution in [2.75, 3.05) is 20.8 Å². The number of aromatic nitrogens is 1. The van der Waals surface area contributed by atoms with Crippen molar-refractivity contribution in [3.63, 3.8) is 0 Å². The molecule has 0 bridgehead atoms. The third kappa shape index (κ3) is 3.39. The first kappa shape index (κ1) is 20.0. The van der Waals surface area contributed by atoms with Gasteiger partial charge >= 0.3 is 5.97 Å². The Labute approximate surface area is 167 Å². The molecule has 148 valence electrons. The minimum atomic E-state index is -0.813. The summed E-state index contributed by atoms with van der Waals surface area (Å²) in [5.74, 6) is -1.31. The number of benzene rings is 1. The van der Waals surface area contributed by atoms with E-state index in [0.29, 0.717) is 35.2 Å². The summed E-state index contributed by atoms with van der Waals surface area (Å²) in [5, 5.41) is 0.401. The maximum atomic E-state index is 13.4. The predicted molar refractivity (Wildman–Crippen MR) is 104 cm³/mol. The average Bonchev–Trinajstić information content (AvgIpc) is 2.66. The number of fused-ring (bicyclic) bond motifs is 1. The van der Waals surface area contributed by atoms with E-state index in [0.717, 1.165) is 0 Å². The largest absolute Gasteiger partial charge is 0.465 e. The van der Waals surface area contributed by atoms with Gasteiger partial charge in [0.15, 0.2) is 0 Å². The first-order valence-electron chi connectivity index (χ1n) is 8.64. The lowest BCUT2D eigenvalue weighted by Crippen LogP contribution is -2.35. The van der Waals surface area contributed by atoms with E-state index in [1.54, 1.807) is 48.9 Å².